The highest BCUT2D eigenvalue weighted by Crippen LogP contribution is 2.35. The molecule has 0 heterocycles. The average Bonchev–Trinajstić information content (AvgIpc) is 2.32. The van der Waals surface area contributed by atoms with Crippen molar-refractivity contribution in [3.05, 3.63) is 54.1 Å². The monoisotopic (exact) mass is 226 g/mol. The summed E-state index contributed by atoms with van der Waals surface area (Å²) in [4.78, 5) is 0. The van der Waals surface area contributed by atoms with E-state index in [0.717, 1.165) is 5.57 Å². The molecular formula is C15H14O2. The van der Waals surface area contributed by atoms with Crippen molar-refractivity contribution in [2.45, 2.75) is 6.92 Å². The third-order valence-electron chi connectivity index (χ3n) is 2.57. The maximum absolute atomic E-state index is 10.1. The highest BCUT2D eigenvalue weighted by atomic mass is 16.3. The molecule has 2 aromatic carbocycles. The van der Waals surface area contributed by atoms with Gasteiger partial charge in [0.2, 0.25) is 0 Å². The van der Waals surface area contributed by atoms with E-state index in [0.29, 0.717) is 16.3 Å². The summed E-state index contributed by atoms with van der Waals surface area (Å²) >= 11 is 0. The SMILES string of the molecule is C=C(C)C=Cc1cc(O)c2ccccc2c1O. The molecule has 0 aliphatic rings. The van der Waals surface area contributed by atoms with Gasteiger partial charge in [-0.1, -0.05) is 48.6 Å². The normalized spacial score (nSPS) is 11.1. The Balaban J connectivity index is 2.67. The summed E-state index contributed by atoms with van der Waals surface area (Å²) in [5.74, 6) is 0.343. The number of hydrogen-bond donors (Lipinski definition) is 2. The Morgan fingerprint density at radius 2 is 1.82 bits per heavy atom. The zero-order valence-electron chi connectivity index (χ0n) is 9.64. The van der Waals surface area contributed by atoms with E-state index in [9.17, 15) is 10.2 Å². The highest BCUT2D eigenvalue weighted by Gasteiger charge is 2.08. The van der Waals surface area contributed by atoms with Crippen LogP contribution in [-0.2, 0) is 0 Å². The molecule has 2 N–H and O–H groups in total. The van der Waals surface area contributed by atoms with Crippen molar-refractivity contribution in [3.8, 4) is 11.5 Å². The molecule has 0 aromatic heterocycles. The fourth-order valence-corrected chi connectivity index (χ4v) is 1.72. The van der Waals surface area contributed by atoms with Crippen LogP contribution in [0, 0.1) is 0 Å². The minimum absolute atomic E-state index is 0.166. The summed E-state index contributed by atoms with van der Waals surface area (Å²) in [5, 5.41) is 21.3. The van der Waals surface area contributed by atoms with Gasteiger partial charge in [-0.15, -0.1) is 0 Å². The van der Waals surface area contributed by atoms with Gasteiger partial charge in [-0.3, -0.25) is 0 Å². The fraction of sp³-hybridized carbons (Fsp3) is 0.0667. The lowest BCUT2D eigenvalue weighted by Gasteiger charge is -2.07. The van der Waals surface area contributed by atoms with Crippen LogP contribution in [0.4, 0.5) is 0 Å². The van der Waals surface area contributed by atoms with Gasteiger partial charge in [-0.2, -0.15) is 0 Å². The summed E-state index contributed by atoms with van der Waals surface area (Å²) in [7, 11) is 0. The molecule has 2 nitrogen and oxygen atoms in total. The van der Waals surface area contributed by atoms with Crippen molar-refractivity contribution >= 4 is 16.8 Å². The Morgan fingerprint density at radius 1 is 1.18 bits per heavy atom. The molecule has 0 atom stereocenters. The van der Waals surface area contributed by atoms with Crippen LogP contribution in [-0.4, -0.2) is 10.2 Å². The van der Waals surface area contributed by atoms with Crippen LogP contribution in [0.2, 0.25) is 0 Å². The molecule has 0 spiro atoms. The Morgan fingerprint density at radius 3 is 2.47 bits per heavy atom. The van der Waals surface area contributed by atoms with E-state index in [2.05, 4.69) is 6.58 Å². The molecule has 0 aliphatic heterocycles. The van der Waals surface area contributed by atoms with E-state index < -0.39 is 0 Å². The quantitative estimate of drug-likeness (QED) is 0.603. The summed E-state index contributed by atoms with van der Waals surface area (Å²) in [6.45, 7) is 5.62. The van der Waals surface area contributed by atoms with Gasteiger partial charge in [0.15, 0.2) is 0 Å². The predicted molar refractivity (Wildman–Crippen MR) is 71.1 cm³/mol. The number of aromatic hydroxyl groups is 2. The number of phenolic OH excluding ortho intramolecular Hbond substituents is 2. The molecule has 0 saturated carbocycles. The number of rotatable bonds is 2. The Kier molecular flexibility index (Phi) is 2.88. The molecule has 2 aromatic rings. The third-order valence-corrected chi connectivity index (χ3v) is 2.57. The molecule has 17 heavy (non-hydrogen) atoms. The van der Waals surface area contributed by atoms with Crippen LogP contribution in [0.15, 0.2) is 48.6 Å². The van der Waals surface area contributed by atoms with Crippen LogP contribution >= 0.6 is 0 Å². The molecule has 0 fully saturated rings. The number of phenols is 2. The van der Waals surface area contributed by atoms with Gasteiger partial charge in [-0.05, 0) is 13.0 Å². The summed E-state index contributed by atoms with van der Waals surface area (Å²) in [6, 6.07) is 8.76. The zero-order chi connectivity index (χ0) is 12.4. The number of allylic oxidation sites excluding steroid dienone is 2. The van der Waals surface area contributed by atoms with Gasteiger partial charge in [0.05, 0.1) is 0 Å². The minimum atomic E-state index is 0.166. The topological polar surface area (TPSA) is 40.5 Å². The van der Waals surface area contributed by atoms with Gasteiger partial charge < -0.3 is 10.2 Å². The molecule has 86 valence electrons. The van der Waals surface area contributed by atoms with E-state index in [1.165, 1.54) is 0 Å². The first kappa shape index (κ1) is 11.3. The van der Waals surface area contributed by atoms with E-state index >= 15 is 0 Å². The molecule has 2 heteroatoms. The molecule has 0 bridgehead atoms. The lowest BCUT2D eigenvalue weighted by molar-refractivity contribution is 0.468. The summed E-state index contributed by atoms with van der Waals surface area (Å²) < 4.78 is 0. The molecular weight excluding hydrogens is 212 g/mol. The molecule has 0 unspecified atom stereocenters. The van der Waals surface area contributed by atoms with Gasteiger partial charge in [-0.25, -0.2) is 0 Å². The zero-order valence-corrected chi connectivity index (χ0v) is 9.64. The lowest BCUT2D eigenvalue weighted by atomic mass is 10.0. The van der Waals surface area contributed by atoms with E-state index in [-0.39, 0.29) is 11.5 Å². The molecule has 0 saturated heterocycles. The first-order valence-electron chi connectivity index (χ1n) is 5.37. The number of hydrogen-bond acceptors (Lipinski definition) is 2. The minimum Gasteiger partial charge on any atom is -0.507 e. The highest BCUT2D eigenvalue weighted by molar-refractivity contribution is 5.95. The fourth-order valence-electron chi connectivity index (χ4n) is 1.72. The van der Waals surface area contributed by atoms with Gasteiger partial charge in [0.25, 0.3) is 0 Å². The van der Waals surface area contributed by atoms with E-state index in [1.54, 1.807) is 30.4 Å². The average molecular weight is 226 g/mol. The van der Waals surface area contributed by atoms with Crippen LogP contribution < -0.4 is 0 Å². The standard InChI is InChI=1S/C15H14O2/c1-10(2)7-8-11-9-14(16)12-5-3-4-6-13(12)15(11)17/h3-9,16-17H,1H2,2H3. The Bertz CT molecular complexity index is 610. The van der Waals surface area contributed by atoms with Gasteiger partial charge >= 0.3 is 0 Å². The summed E-state index contributed by atoms with van der Waals surface area (Å²) in [6.07, 6.45) is 3.53. The predicted octanol–water partition coefficient (Wildman–Crippen LogP) is 3.84. The van der Waals surface area contributed by atoms with Crippen molar-refractivity contribution in [1.82, 2.24) is 0 Å². The van der Waals surface area contributed by atoms with Crippen LogP contribution in [0.3, 0.4) is 0 Å². The second kappa shape index (κ2) is 4.34. The molecule has 2 rings (SSSR count). The largest absolute Gasteiger partial charge is 0.507 e. The second-order valence-corrected chi connectivity index (χ2v) is 4.06. The van der Waals surface area contributed by atoms with Crippen molar-refractivity contribution < 1.29 is 10.2 Å². The van der Waals surface area contributed by atoms with Crippen LogP contribution in [0.1, 0.15) is 12.5 Å². The third kappa shape index (κ3) is 2.16. The maximum Gasteiger partial charge on any atom is 0.130 e. The number of fused-ring (bicyclic) bond motifs is 1. The smallest absolute Gasteiger partial charge is 0.130 e. The van der Waals surface area contributed by atoms with Gasteiger partial charge in [0.1, 0.15) is 11.5 Å². The summed E-state index contributed by atoms with van der Waals surface area (Å²) in [5.41, 5.74) is 1.47. The van der Waals surface area contributed by atoms with Crippen LogP contribution in [0.25, 0.3) is 16.8 Å². The second-order valence-electron chi connectivity index (χ2n) is 4.06. The van der Waals surface area contributed by atoms with E-state index in [4.69, 9.17) is 0 Å². The molecule has 0 amide bonds. The van der Waals surface area contributed by atoms with E-state index in [1.807, 2.05) is 19.1 Å². The maximum atomic E-state index is 10.1. The first-order valence-corrected chi connectivity index (χ1v) is 5.37. The van der Waals surface area contributed by atoms with Gasteiger partial charge in [0, 0.05) is 16.3 Å². The molecule has 0 radical (unpaired) electrons. The van der Waals surface area contributed by atoms with Crippen molar-refractivity contribution in [1.29, 1.82) is 0 Å². The van der Waals surface area contributed by atoms with Crippen molar-refractivity contribution in [2.24, 2.45) is 0 Å². The van der Waals surface area contributed by atoms with Crippen LogP contribution in [0.5, 0.6) is 11.5 Å². The Hall–Kier alpha value is -2.22. The lowest BCUT2D eigenvalue weighted by Crippen LogP contribution is -1.80. The van der Waals surface area contributed by atoms with Crippen molar-refractivity contribution in [3.63, 3.8) is 0 Å². The molecule has 0 aliphatic carbocycles. The van der Waals surface area contributed by atoms with Crippen molar-refractivity contribution in [2.75, 3.05) is 0 Å². The first-order chi connectivity index (χ1) is 8.09. The number of benzene rings is 2. The Labute approximate surface area is 100 Å².